The quantitative estimate of drug-likeness (QED) is 0.554. The molecule has 0 aromatic rings. The van der Waals surface area contributed by atoms with E-state index in [2.05, 4.69) is 6.92 Å². The second-order valence-electron chi connectivity index (χ2n) is 2.08. The third-order valence-electron chi connectivity index (χ3n) is 1.39. The minimum absolute atomic E-state index is 0.156. The van der Waals surface area contributed by atoms with Gasteiger partial charge in [-0.1, -0.05) is 6.92 Å². The highest BCUT2D eigenvalue weighted by atomic mass is 35.5. The van der Waals surface area contributed by atoms with Gasteiger partial charge in [0.05, 0.1) is 18.6 Å². The number of ether oxygens (including phenoxy) is 2. The molecule has 0 amide bonds. The molecule has 1 aliphatic rings. The van der Waals surface area contributed by atoms with Crippen LogP contribution in [0.5, 0.6) is 0 Å². The average Bonchev–Trinajstić information content (AvgIpc) is 2.34. The van der Waals surface area contributed by atoms with Crippen molar-refractivity contribution >= 4 is 11.6 Å². The van der Waals surface area contributed by atoms with Crippen molar-refractivity contribution in [3.63, 3.8) is 0 Å². The summed E-state index contributed by atoms with van der Waals surface area (Å²) in [5.74, 6) is 0.441. The van der Waals surface area contributed by atoms with Crippen molar-refractivity contribution in [1.82, 2.24) is 0 Å². The highest BCUT2D eigenvalue weighted by molar-refractivity contribution is 6.18. The number of hydrogen-bond donors (Lipinski definition) is 0. The van der Waals surface area contributed by atoms with Crippen LogP contribution in [0.25, 0.3) is 0 Å². The molecule has 1 saturated heterocycles. The van der Waals surface area contributed by atoms with Gasteiger partial charge in [0, 0.05) is 0 Å². The minimum atomic E-state index is -0.156. The third-order valence-corrected chi connectivity index (χ3v) is 1.65. The van der Waals surface area contributed by atoms with Crippen LogP contribution in [-0.4, -0.2) is 24.9 Å². The maximum absolute atomic E-state index is 5.48. The fraction of sp³-hybridized carbons (Fsp3) is 1.00. The Balaban J connectivity index is 2.20. The summed E-state index contributed by atoms with van der Waals surface area (Å²) in [5.41, 5.74) is 0. The molecule has 9 heavy (non-hydrogen) atoms. The van der Waals surface area contributed by atoms with E-state index in [9.17, 15) is 0 Å². The Morgan fingerprint density at radius 3 is 2.78 bits per heavy atom. The van der Waals surface area contributed by atoms with Gasteiger partial charge in [0.25, 0.3) is 0 Å². The van der Waals surface area contributed by atoms with Crippen molar-refractivity contribution in [2.45, 2.75) is 25.7 Å². The molecule has 2 nitrogen and oxygen atoms in total. The second kappa shape index (κ2) is 3.40. The van der Waals surface area contributed by atoms with Crippen molar-refractivity contribution in [1.29, 1.82) is 0 Å². The van der Waals surface area contributed by atoms with E-state index in [4.69, 9.17) is 21.1 Å². The molecule has 0 aromatic carbocycles. The van der Waals surface area contributed by atoms with Crippen molar-refractivity contribution in [3.05, 3.63) is 0 Å². The van der Waals surface area contributed by atoms with Gasteiger partial charge in [0.1, 0.15) is 0 Å². The summed E-state index contributed by atoms with van der Waals surface area (Å²) in [6, 6.07) is 0. The Bertz CT molecular complexity index is 77.1. The molecule has 0 saturated carbocycles. The Kier molecular flexibility index (Phi) is 2.76. The van der Waals surface area contributed by atoms with Crippen LogP contribution in [0, 0.1) is 0 Å². The lowest BCUT2D eigenvalue weighted by Gasteiger charge is -2.04. The van der Waals surface area contributed by atoms with E-state index in [0.29, 0.717) is 12.5 Å². The zero-order valence-corrected chi connectivity index (χ0v) is 6.23. The van der Waals surface area contributed by atoms with Crippen LogP contribution >= 0.6 is 11.6 Å². The van der Waals surface area contributed by atoms with E-state index in [1.807, 2.05) is 0 Å². The molecule has 2 atom stereocenters. The van der Waals surface area contributed by atoms with Gasteiger partial charge in [-0.2, -0.15) is 0 Å². The summed E-state index contributed by atoms with van der Waals surface area (Å²) in [5, 5.41) is 0. The average molecular weight is 151 g/mol. The minimum Gasteiger partial charge on any atom is -0.349 e. The largest absolute Gasteiger partial charge is 0.349 e. The molecule has 1 fully saturated rings. The highest BCUT2D eigenvalue weighted by Crippen LogP contribution is 2.14. The summed E-state index contributed by atoms with van der Waals surface area (Å²) < 4.78 is 10.5. The fourth-order valence-corrected chi connectivity index (χ4v) is 0.965. The Hall–Kier alpha value is 0.210. The molecule has 54 valence electrons. The van der Waals surface area contributed by atoms with Crippen LogP contribution in [0.15, 0.2) is 0 Å². The summed E-state index contributed by atoms with van der Waals surface area (Å²) in [7, 11) is 0. The molecule has 0 aromatic heterocycles. The predicted molar refractivity (Wildman–Crippen MR) is 35.6 cm³/mol. The molecular formula is C6H11ClO2. The third kappa shape index (κ3) is 1.81. The molecule has 0 N–H and O–H groups in total. The number of hydrogen-bond acceptors (Lipinski definition) is 2. The van der Waals surface area contributed by atoms with Gasteiger partial charge in [-0.05, 0) is 6.42 Å². The molecule has 2 unspecified atom stereocenters. The van der Waals surface area contributed by atoms with Crippen LogP contribution in [0.4, 0.5) is 0 Å². The molecular weight excluding hydrogens is 140 g/mol. The monoisotopic (exact) mass is 150 g/mol. The topological polar surface area (TPSA) is 18.5 Å². The van der Waals surface area contributed by atoms with Crippen LogP contribution in [0.1, 0.15) is 13.3 Å². The molecule has 0 bridgehead atoms. The Morgan fingerprint density at radius 2 is 2.44 bits per heavy atom. The Labute approximate surface area is 60.1 Å². The standard InChI is InChI=1S/C6H11ClO2/c1-2-5-4-8-6(3-7)9-5/h5-6H,2-4H2,1H3. The van der Waals surface area contributed by atoms with Gasteiger partial charge in [-0.15, -0.1) is 11.6 Å². The van der Waals surface area contributed by atoms with E-state index in [-0.39, 0.29) is 12.4 Å². The van der Waals surface area contributed by atoms with Gasteiger partial charge in [-0.25, -0.2) is 0 Å². The van der Waals surface area contributed by atoms with E-state index in [1.54, 1.807) is 0 Å². The molecule has 3 heteroatoms. The van der Waals surface area contributed by atoms with Gasteiger partial charge in [0.2, 0.25) is 0 Å². The van der Waals surface area contributed by atoms with E-state index < -0.39 is 0 Å². The second-order valence-corrected chi connectivity index (χ2v) is 2.39. The van der Waals surface area contributed by atoms with Crippen molar-refractivity contribution < 1.29 is 9.47 Å². The zero-order valence-electron chi connectivity index (χ0n) is 5.47. The number of alkyl halides is 1. The smallest absolute Gasteiger partial charge is 0.171 e. The molecule has 1 rings (SSSR count). The SMILES string of the molecule is CCC1COC(CCl)O1. The van der Waals surface area contributed by atoms with Crippen LogP contribution in [0.3, 0.4) is 0 Å². The first kappa shape index (κ1) is 7.32. The van der Waals surface area contributed by atoms with Gasteiger partial charge in [0.15, 0.2) is 6.29 Å². The van der Waals surface area contributed by atoms with Crippen molar-refractivity contribution in [2.75, 3.05) is 12.5 Å². The first-order chi connectivity index (χ1) is 4.36. The normalized spacial score (nSPS) is 35.3. The molecule has 1 heterocycles. The van der Waals surface area contributed by atoms with E-state index >= 15 is 0 Å². The maximum atomic E-state index is 5.48. The molecule has 0 spiro atoms. The fourth-order valence-electron chi connectivity index (χ4n) is 0.803. The van der Waals surface area contributed by atoms with E-state index in [1.165, 1.54) is 0 Å². The molecule has 1 aliphatic heterocycles. The first-order valence-electron chi connectivity index (χ1n) is 3.19. The predicted octanol–water partition coefficient (Wildman–Crippen LogP) is 1.38. The molecule has 0 aliphatic carbocycles. The van der Waals surface area contributed by atoms with Crippen molar-refractivity contribution in [3.8, 4) is 0 Å². The van der Waals surface area contributed by atoms with Crippen LogP contribution in [0.2, 0.25) is 0 Å². The molecule has 0 radical (unpaired) electrons. The van der Waals surface area contributed by atoms with Gasteiger partial charge >= 0.3 is 0 Å². The van der Waals surface area contributed by atoms with E-state index in [0.717, 1.165) is 6.42 Å². The number of rotatable bonds is 2. The van der Waals surface area contributed by atoms with Crippen molar-refractivity contribution in [2.24, 2.45) is 0 Å². The number of halogens is 1. The van der Waals surface area contributed by atoms with Crippen LogP contribution < -0.4 is 0 Å². The summed E-state index contributed by atoms with van der Waals surface area (Å²) in [6.45, 7) is 2.78. The summed E-state index contributed by atoms with van der Waals surface area (Å²) >= 11 is 5.48. The maximum Gasteiger partial charge on any atom is 0.171 e. The zero-order chi connectivity index (χ0) is 6.69. The van der Waals surface area contributed by atoms with Gasteiger partial charge in [-0.3, -0.25) is 0 Å². The Morgan fingerprint density at radius 1 is 1.67 bits per heavy atom. The summed E-state index contributed by atoms with van der Waals surface area (Å²) in [4.78, 5) is 0. The first-order valence-corrected chi connectivity index (χ1v) is 3.73. The highest BCUT2D eigenvalue weighted by Gasteiger charge is 2.22. The lowest BCUT2D eigenvalue weighted by molar-refractivity contribution is -0.0396. The van der Waals surface area contributed by atoms with Crippen LogP contribution in [-0.2, 0) is 9.47 Å². The summed E-state index contributed by atoms with van der Waals surface area (Å²) in [6.07, 6.45) is 1.12. The lowest BCUT2D eigenvalue weighted by atomic mass is 10.3. The van der Waals surface area contributed by atoms with Gasteiger partial charge < -0.3 is 9.47 Å². The lowest BCUT2D eigenvalue weighted by Crippen LogP contribution is -2.12.